The number of aromatic hydroxyl groups is 1. The van der Waals surface area contributed by atoms with Gasteiger partial charge in [-0.2, -0.15) is 0 Å². The van der Waals surface area contributed by atoms with Crippen LogP contribution in [0, 0.1) is 24.7 Å². The van der Waals surface area contributed by atoms with Crippen LogP contribution in [0.1, 0.15) is 71.7 Å². The van der Waals surface area contributed by atoms with Crippen LogP contribution < -0.4 is 0 Å². The number of benzene rings is 1. The molecule has 0 radical (unpaired) electrons. The van der Waals surface area contributed by atoms with Crippen LogP contribution in [0.5, 0.6) is 5.75 Å². The molecule has 10 heteroatoms. The van der Waals surface area contributed by atoms with Crippen LogP contribution in [0.2, 0.25) is 0 Å². The van der Waals surface area contributed by atoms with Crippen LogP contribution >= 0.6 is 15.9 Å². The Kier molecular flexibility index (Phi) is 5.40. The number of rotatable bonds is 6. The molecular weight excluding hydrogens is 546 g/mol. The van der Waals surface area contributed by atoms with Gasteiger partial charge in [-0.1, -0.05) is 0 Å². The van der Waals surface area contributed by atoms with E-state index < -0.39 is 20.6 Å². The van der Waals surface area contributed by atoms with Crippen molar-refractivity contribution in [1.29, 1.82) is 0 Å². The summed E-state index contributed by atoms with van der Waals surface area (Å²) in [5.74, 6) is 0.551. The molecule has 7 rings (SSSR count). The van der Waals surface area contributed by atoms with Crippen LogP contribution in [-0.4, -0.2) is 43.9 Å². The largest absolute Gasteiger partial charge is 0.506 e. The number of aromatic carboxylic acids is 1. The number of nitrogens with one attached hydrogen (secondary N) is 1. The first-order valence-electron chi connectivity index (χ1n) is 12.5. The molecule has 8 nitrogen and oxygen atoms in total. The number of sulfone groups is 1. The highest BCUT2D eigenvalue weighted by molar-refractivity contribution is 9.10. The fraction of sp³-hybridized carbons (Fsp3) is 0.538. The number of carbonyl (C=O) groups is 1. The molecule has 0 unspecified atom stereocenters. The number of carboxylic acid groups (broad SMARTS) is 1. The van der Waals surface area contributed by atoms with Crippen LogP contribution in [0.3, 0.4) is 0 Å². The molecule has 0 atom stereocenters. The Balaban J connectivity index is 1.50. The zero-order valence-corrected chi connectivity index (χ0v) is 22.7. The molecule has 3 N–H and O–H groups in total. The van der Waals surface area contributed by atoms with Gasteiger partial charge in [0, 0.05) is 42.0 Å². The Labute approximate surface area is 218 Å². The fourth-order valence-corrected chi connectivity index (χ4v) is 10.7. The third-order valence-electron chi connectivity index (χ3n) is 8.94. The van der Waals surface area contributed by atoms with E-state index in [0.29, 0.717) is 63.8 Å². The highest BCUT2D eigenvalue weighted by Crippen LogP contribution is 2.59. The van der Waals surface area contributed by atoms with Gasteiger partial charge in [0.25, 0.3) is 0 Å². The molecule has 0 aliphatic heterocycles. The topological polar surface area (TPSA) is 125 Å². The van der Waals surface area contributed by atoms with Crippen molar-refractivity contribution in [3.05, 3.63) is 45.1 Å². The first-order valence-corrected chi connectivity index (χ1v) is 14.9. The first kappa shape index (κ1) is 24.0. The summed E-state index contributed by atoms with van der Waals surface area (Å²) in [7, 11) is -1.91. The number of fused-ring (bicyclic) bond motifs is 1. The fourth-order valence-electron chi connectivity index (χ4n) is 7.75. The van der Waals surface area contributed by atoms with Gasteiger partial charge in [-0.05, 0) is 85.2 Å². The summed E-state index contributed by atoms with van der Waals surface area (Å²) >= 11 is 3.41. The summed E-state index contributed by atoms with van der Waals surface area (Å²) in [4.78, 5) is 20.0. The predicted molar refractivity (Wildman–Crippen MR) is 139 cm³/mol. The van der Waals surface area contributed by atoms with Crippen molar-refractivity contribution < 1.29 is 23.4 Å². The van der Waals surface area contributed by atoms with Gasteiger partial charge in [-0.15, -0.1) is 0 Å². The molecule has 4 aliphatic rings. The Morgan fingerprint density at radius 1 is 1.22 bits per heavy atom. The number of aromatic amines is 1. The molecular formula is C26H30BrN3O5S. The number of phenols is 1. The van der Waals surface area contributed by atoms with E-state index in [4.69, 9.17) is 0 Å². The third kappa shape index (κ3) is 3.55. The van der Waals surface area contributed by atoms with E-state index >= 15 is 0 Å². The Morgan fingerprint density at radius 2 is 1.83 bits per heavy atom. The van der Waals surface area contributed by atoms with E-state index in [-0.39, 0.29) is 29.2 Å². The first-order chi connectivity index (χ1) is 17.0. The minimum atomic E-state index is -3.62. The van der Waals surface area contributed by atoms with E-state index in [0.717, 1.165) is 25.0 Å². The van der Waals surface area contributed by atoms with Gasteiger partial charge in [-0.25, -0.2) is 18.2 Å². The zero-order chi connectivity index (χ0) is 25.6. The number of nitrogens with zero attached hydrogens (tertiary/aromatic N) is 2. The van der Waals surface area contributed by atoms with Crippen LogP contribution in [0.4, 0.5) is 0 Å². The minimum Gasteiger partial charge on any atom is -0.506 e. The lowest BCUT2D eigenvalue weighted by Gasteiger charge is -2.56. The molecule has 0 saturated heterocycles. The van der Waals surface area contributed by atoms with Crippen molar-refractivity contribution in [3.63, 3.8) is 0 Å². The Morgan fingerprint density at radius 3 is 2.36 bits per heavy atom. The van der Waals surface area contributed by atoms with E-state index in [1.807, 2.05) is 6.92 Å². The molecule has 2 heterocycles. The number of aryl methyl sites for hydroxylation is 2. The van der Waals surface area contributed by atoms with Gasteiger partial charge in [0.05, 0.1) is 26.1 Å². The van der Waals surface area contributed by atoms with E-state index in [1.54, 1.807) is 23.9 Å². The second kappa shape index (κ2) is 8.08. The molecule has 4 fully saturated rings. The zero-order valence-electron chi connectivity index (χ0n) is 20.3. The Bertz CT molecular complexity index is 1480. The molecule has 192 valence electrons. The maximum atomic E-state index is 14.1. The van der Waals surface area contributed by atoms with Crippen LogP contribution in [0.25, 0.3) is 10.9 Å². The lowest BCUT2D eigenvalue weighted by atomic mass is 9.56. The summed E-state index contributed by atoms with van der Waals surface area (Å²) in [6, 6.07) is 1.67. The number of imidazole rings is 1. The standard InChI is InChI=1S/C26H30BrN3O5S/c1-13-28-11-17(29-13)6-18-22-20(7-19(27)24(18)31)30(2)21(23(22)25(32)33)12-36(34,35)26-8-14-3-15(9-26)5-16(4-14)10-26/h7,11,14-16,31H,3-6,8-10,12H2,1-2H3,(H,28,29)(H,32,33). The molecule has 36 heavy (non-hydrogen) atoms. The van der Waals surface area contributed by atoms with Crippen molar-refractivity contribution in [2.45, 2.75) is 62.4 Å². The number of carboxylic acids is 1. The summed E-state index contributed by atoms with van der Waals surface area (Å²) < 4.78 is 29.5. The van der Waals surface area contributed by atoms with E-state index in [9.17, 15) is 23.4 Å². The maximum absolute atomic E-state index is 14.1. The molecule has 4 aliphatic carbocycles. The van der Waals surface area contributed by atoms with Gasteiger partial charge in [0.15, 0.2) is 9.84 Å². The smallest absolute Gasteiger partial charge is 0.338 e. The van der Waals surface area contributed by atoms with Crippen molar-refractivity contribution >= 4 is 42.6 Å². The summed E-state index contributed by atoms with van der Waals surface area (Å²) in [6.45, 7) is 1.82. The normalized spacial score (nSPS) is 27.2. The van der Waals surface area contributed by atoms with Gasteiger partial charge in [0.2, 0.25) is 0 Å². The van der Waals surface area contributed by atoms with Crippen LogP contribution in [-0.2, 0) is 29.1 Å². The van der Waals surface area contributed by atoms with Gasteiger partial charge >= 0.3 is 5.97 Å². The molecule has 3 aromatic rings. The highest BCUT2D eigenvalue weighted by atomic mass is 79.9. The average molecular weight is 577 g/mol. The number of phenolic OH excluding ortho intramolecular Hbond substituents is 1. The Hall–Kier alpha value is -2.33. The van der Waals surface area contributed by atoms with E-state index in [2.05, 4.69) is 25.9 Å². The summed E-state index contributed by atoms with van der Waals surface area (Å²) in [5, 5.41) is 21.7. The predicted octanol–water partition coefficient (Wildman–Crippen LogP) is 4.85. The number of hydrogen-bond acceptors (Lipinski definition) is 5. The van der Waals surface area contributed by atoms with Gasteiger partial charge in [0.1, 0.15) is 11.6 Å². The van der Waals surface area contributed by atoms with Gasteiger partial charge < -0.3 is 19.8 Å². The van der Waals surface area contributed by atoms with Crippen molar-refractivity contribution in [2.24, 2.45) is 24.8 Å². The second-order valence-corrected chi connectivity index (χ2v) is 14.5. The lowest BCUT2D eigenvalue weighted by molar-refractivity contribution is 0.0338. The van der Waals surface area contributed by atoms with Crippen molar-refractivity contribution in [2.75, 3.05) is 0 Å². The molecule has 0 spiro atoms. The lowest BCUT2D eigenvalue weighted by Crippen LogP contribution is -2.55. The molecule has 0 amide bonds. The van der Waals surface area contributed by atoms with Gasteiger partial charge in [-0.3, -0.25) is 0 Å². The second-order valence-electron chi connectivity index (χ2n) is 11.3. The summed E-state index contributed by atoms with van der Waals surface area (Å²) in [5.41, 5.74) is 1.95. The molecule has 1 aromatic carbocycles. The maximum Gasteiger partial charge on any atom is 0.338 e. The van der Waals surface area contributed by atoms with Crippen molar-refractivity contribution in [1.82, 2.24) is 14.5 Å². The number of halogens is 1. The monoisotopic (exact) mass is 575 g/mol. The quantitative estimate of drug-likeness (QED) is 0.385. The van der Waals surface area contributed by atoms with Crippen molar-refractivity contribution in [3.8, 4) is 5.75 Å². The molecule has 4 bridgehead atoms. The van der Waals surface area contributed by atoms with E-state index in [1.165, 1.54) is 0 Å². The molecule has 2 aromatic heterocycles. The number of hydrogen-bond donors (Lipinski definition) is 3. The summed E-state index contributed by atoms with van der Waals surface area (Å²) in [6.07, 6.45) is 7.38. The third-order valence-corrected chi connectivity index (χ3v) is 12.0. The SMILES string of the molecule is Cc1ncc(Cc2c(O)c(Br)cc3c2c(C(=O)O)c(CS(=O)(=O)C24CC5CC(CC(C5)C2)C4)n3C)[nH]1. The average Bonchev–Trinajstić information content (AvgIpc) is 3.31. The number of H-pyrrole nitrogens is 1. The highest BCUT2D eigenvalue weighted by Gasteiger charge is 2.57. The van der Waals surface area contributed by atoms with Crippen LogP contribution in [0.15, 0.2) is 16.7 Å². The minimum absolute atomic E-state index is 0.0464. The molecule has 4 saturated carbocycles. The number of aromatic nitrogens is 3.